The van der Waals surface area contributed by atoms with Crippen LogP contribution in [0.4, 0.5) is 0 Å². The highest BCUT2D eigenvalue weighted by atomic mass is 16.5. The number of benzene rings is 1. The summed E-state index contributed by atoms with van der Waals surface area (Å²) in [7, 11) is 1.62. The third-order valence-electron chi connectivity index (χ3n) is 4.94. The zero-order valence-corrected chi connectivity index (χ0v) is 17.2. The predicted octanol–water partition coefficient (Wildman–Crippen LogP) is 1.02. The minimum Gasteiger partial charge on any atom is -0.383 e. The lowest BCUT2D eigenvalue weighted by molar-refractivity contribution is -0.125. The lowest BCUT2D eigenvalue weighted by Crippen LogP contribution is -2.51. The maximum absolute atomic E-state index is 12.5. The highest BCUT2D eigenvalue weighted by Crippen LogP contribution is 2.18. The van der Waals surface area contributed by atoms with Crippen molar-refractivity contribution in [2.45, 2.75) is 25.8 Å². The van der Waals surface area contributed by atoms with Crippen molar-refractivity contribution in [3.05, 3.63) is 35.9 Å². The van der Waals surface area contributed by atoms with Gasteiger partial charge in [0.15, 0.2) is 0 Å². The third kappa shape index (κ3) is 7.96. The van der Waals surface area contributed by atoms with Gasteiger partial charge in [0, 0.05) is 39.8 Å². The molecular formula is C21H34N4O3. The van der Waals surface area contributed by atoms with Crippen molar-refractivity contribution in [2.75, 3.05) is 59.5 Å². The van der Waals surface area contributed by atoms with E-state index in [1.54, 1.807) is 7.11 Å². The number of methoxy groups -OCH3 is 1. The van der Waals surface area contributed by atoms with E-state index in [0.29, 0.717) is 26.2 Å². The van der Waals surface area contributed by atoms with Gasteiger partial charge >= 0.3 is 0 Å². The first-order valence-corrected chi connectivity index (χ1v) is 10.2. The van der Waals surface area contributed by atoms with Gasteiger partial charge in [-0.2, -0.15) is 0 Å². The number of rotatable bonds is 11. The molecule has 1 heterocycles. The Morgan fingerprint density at radius 3 is 2.21 bits per heavy atom. The fourth-order valence-electron chi connectivity index (χ4n) is 3.40. The summed E-state index contributed by atoms with van der Waals surface area (Å²) in [5, 5.41) is 6.02. The summed E-state index contributed by atoms with van der Waals surface area (Å²) in [6.45, 7) is 7.17. The van der Waals surface area contributed by atoms with Crippen LogP contribution in [0.1, 0.15) is 31.4 Å². The molecule has 7 heteroatoms. The summed E-state index contributed by atoms with van der Waals surface area (Å²) in [5.41, 5.74) is 1.15. The Balaban J connectivity index is 1.71. The number of amides is 2. The molecule has 1 atom stereocenters. The van der Waals surface area contributed by atoms with Crippen molar-refractivity contribution >= 4 is 11.8 Å². The highest BCUT2D eigenvalue weighted by Gasteiger charge is 2.21. The van der Waals surface area contributed by atoms with Crippen LogP contribution >= 0.6 is 0 Å². The van der Waals surface area contributed by atoms with Gasteiger partial charge in [-0.05, 0) is 12.0 Å². The van der Waals surface area contributed by atoms with Gasteiger partial charge in [-0.1, -0.05) is 43.7 Å². The SMILES string of the molecule is CCCC(NC(=O)CN1CCN(CC(=O)NCCOC)CC1)c1ccccc1. The van der Waals surface area contributed by atoms with Gasteiger partial charge in [0.05, 0.1) is 25.7 Å². The Labute approximate surface area is 168 Å². The molecule has 28 heavy (non-hydrogen) atoms. The topological polar surface area (TPSA) is 73.9 Å². The molecule has 0 aromatic heterocycles. The number of nitrogens with one attached hydrogen (secondary N) is 2. The number of piperazine rings is 1. The van der Waals surface area contributed by atoms with E-state index in [4.69, 9.17) is 4.74 Å². The fourth-order valence-corrected chi connectivity index (χ4v) is 3.40. The van der Waals surface area contributed by atoms with Crippen LogP contribution in [0.2, 0.25) is 0 Å². The molecule has 0 saturated carbocycles. The van der Waals surface area contributed by atoms with Crippen molar-refractivity contribution in [1.82, 2.24) is 20.4 Å². The summed E-state index contributed by atoms with van der Waals surface area (Å²) in [6.07, 6.45) is 1.95. The summed E-state index contributed by atoms with van der Waals surface area (Å²) in [4.78, 5) is 28.7. The van der Waals surface area contributed by atoms with E-state index in [0.717, 1.165) is 44.6 Å². The molecule has 1 aliphatic heterocycles. The second-order valence-electron chi connectivity index (χ2n) is 7.21. The van der Waals surface area contributed by atoms with Crippen LogP contribution in [0.15, 0.2) is 30.3 Å². The quantitative estimate of drug-likeness (QED) is 0.552. The number of hydrogen-bond acceptors (Lipinski definition) is 5. The van der Waals surface area contributed by atoms with Gasteiger partial charge in [0.25, 0.3) is 0 Å². The average molecular weight is 391 g/mol. The second kappa shape index (κ2) is 12.5. The van der Waals surface area contributed by atoms with E-state index in [-0.39, 0.29) is 17.9 Å². The lowest BCUT2D eigenvalue weighted by Gasteiger charge is -2.34. The zero-order valence-electron chi connectivity index (χ0n) is 17.2. The standard InChI is InChI=1S/C21H34N4O3/c1-3-7-19(18-8-5-4-6-9-18)23-21(27)17-25-13-11-24(12-14-25)16-20(26)22-10-15-28-2/h4-6,8-9,19H,3,7,10-17H2,1-2H3,(H,22,26)(H,23,27). The maximum Gasteiger partial charge on any atom is 0.234 e. The minimum atomic E-state index is 0.0218. The van der Waals surface area contributed by atoms with E-state index in [2.05, 4.69) is 39.5 Å². The number of hydrogen-bond donors (Lipinski definition) is 2. The monoisotopic (exact) mass is 390 g/mol. The molecular weight excluding hydrogens is 356 g/mol. The zero-order chi connectivity index (χ0) is 20.2. The van der Waals surface area contributed by atoms with E-state index < -0.39 is 0 Å². The molecule has 0 spiro atoms. The molecule has 1 fully saturated rings. The number of ether oxygens (including phenoxy) is 1. The van der Waals surface area contributed by atoms with Gasteiger partial charge in [0.1, 0.15) is 0 Å². The second-order valence-corrected chi connectivity index (χ2v) is 7.21. The minimum absolute atomic E-state index is 0.0218. The Morgan fingerprint density at radius 1 is 1.04 bits per heavy atom. The van der Waals surface area contributed by atoms with Crippen LogP contribution in [-0.4, -0.2) is 81.1 Å². The predicted molar refractivity (Wildman–Crippen MR) is 110 cm³/mol. The van der Waals surface area contributed by atoms with E-state index >= 15 is 0 Å². The molecule has 1 aromatic carbocycles. The number of carbonyl (C=O) groups is 2. The molecule has 1 unspecified atom stereocenters. The van der Waals surface area contributed by atoms with Crippen LogP contribution in [0, 0.1) is 0 Å². The average Bonchev–Trinajstić information content (AvgIpc) is 2.70. The molecule has 2 rings (SSSR count). The van der Waals surface area contributed by atoms with Crippen LogP contribution < -0.4 is 10.6 Å². The molecule has 0 bridgehead atoms. The van der Waals surface area contributed by atoms with Crippen molar-refractivity contribution in [2.24, 2.45) is 0 Å². The molecule has 1 saturated heterocycles. The van der Waals surface area contributed by atoms with Gasteiger partial charge < -0.3 is 15.4 Å². The molecule has 1 aromatic rings. The summed E-state index contributed by atoms with van der Waals surface area (Å²) < 4.78 is 4.93. The van der Waals surface area contributed by atoms with Crippen molar-refractivity contribution in [1.29, 1.82) is 0 Å². The summed E-state index contributed by atoms with van der Waals surface area (Å²) in [5.74, 6) is 0.0848. The molecule has 156 valence electrons. The van der Waals surface area contributed by atoms with E-state index in [9.17, 15) is 9.59 Å². The van der Waals surface area contributed by atoms with Crippen LogP contribution in [0.5, 0.6) is 0 Å². The molecule has 2 N–H and O–H groups in total. The molecule has 0 radical (unpaired) electrons. The van der Waals surface area contributed by atoms with Crippen LogP contribution in [0.25, 0.3) is 0 Å². The van der Waals surface area contributed by atoms with Crippen molar-refractivity contribution < 1.29 is 14.3 Å². The van der Waals surface area contributed by atoms with E-state index in [1.165, 1.54) is 0 Å². The van der Waals surface area contributed by atoms with E-state index in [1.807, 2.05) is 18.2 Å². The Morgan fingerprint density at radius 2 is 1.64 bits per heavy atom. The lowest BCUT2D eigenvalue weighted by atomic mass is 10.0. The largest absolute Gasteiger partial charge is 0.383 e. The Bertz CT molecular complexity index is 589. The normalized spacial score (nSPS) is 16.5. The highest BCUT2D eigenvalue weighted by molar-refractivity contribution is 5.79. The maximum atomic E-state index is 12.5. The Hall–Kier alpha value is -1.96. The van der Waals surface area contributed by atoms with Crippen molar-refractivity contribution in [3.8, 4) is 0 Å². The molecule has 0 aliphatic carbocycles. The van der Waals surface area contributed by atoms with Gasteiger partial charge in [-0.25, -0.2) is 0 Å². The molecule has 2 amide bonds. The van der Waals surface area contributed by atoms with Gasteiger partial charge in [-0.15, -0.1) is 0 Å². The first-order chi connectivity index (χ1) is 13.6. The van der Waals surface area contributed by atoms with Crippen LogP contribution in [0.3, 0.4) is 0 Å². The first kappa shape index (κ1) is 22.3. The van der Waals surface area contributed by atoms with Gasteiger partial charge in [0.2, 0.25) is 11.8 Å². The number of carbonyl (C=O) groups excluding carboxylic acids is 2. The van der Waals surface area contributed by atoms with Gasteiger partial charge in [-0.3, -0.25) is 19.4 Å². The molecule has 1 aliphatic rings. The smallest absolute Gasteiger partial charge is 0.234 e. The fraction of sp³-hybridized carbons (Fsp3) is 0.619. The molecule has 7 nitrogen and oxygen atoms in total. The first-order valence-electron chi connectivity index (χ1n) is 10.2. The third-order valence-corrected chi connectivity index (χ3v) is 4.94. The summed E-state index contributed by atoms with van der Waals surface area (Å²) >= 11 is 0. The summed E-state index contributed by atoms with van der Waals surface area (Å²) in [6, 6.07) is 10.2. The number of nitrogens with zero attached hydrogens (tertiary/aromatic N) is 2. The Kier molecular flexibility index (Phi) is 9.96. The van der Waals surface area contributed by atoms with Crippen LogP contribution in [-0.2, 0) is 14.3 Å². The van der Waals surface area contributed by atoms with Crippen molar-refractivity contribution in [3.63, 3.8) is 0 Å².